The molecule has 0 aromatic heterocycles. The largest absolute Gasteiger partial charge is 0.309 e. The third-order valence-corrected chi connectivity index (χ3v) is 2.78. The lowest BCUT2D eigenvalue weighted by Crippen LogP contribution is -2.55. The van der Waals surface area contributed by atoms with Crippen LogP contribution in [0.25, 0.3) is 0 Å². The first-order valence-electron chi connectivity index (χ1n) is 5.56. The number of rotatable bonds is 3. The summed E-state index contributed by atoms with van der Waals surface area (Å²) in [4.78, 5) is 2.46. The van der Waals surface area contributed by atoms with E-state index in [0.29, 0.717) is 12.1 Å². The Balaban J connectivity index is 2.37. The lowest BCUT2D eigenvalue weighted by Gasteiger charge is -2.37. The van der Waals surface area contributed by atoms with Crippen molar-refractivity contribution in [1.29, 1.82) is 0 Å². The third-order valence-electron chi connectivity index (χ3n) is 2.78. The van der Waals surface area contributed by atoms with Crippen LogP contribution in [0.15, 0.2) is 0 Å². The summed E-state index contributed by atoms with van der Waals surface area (Å²) in [6.45, 7) is 9.30. The molecule has 1 N–H and O–H groups in total. The molecule has 2 atom stereocenters. The molecule has 1 aliphatic heterocycles. The van der Waals surface area contributed by atoms with Gasteiger partial charge in [0.05, 0.1) is 0 Å². The van der Waals surface area contributed by atoms with E-state index in [9.17, 15) is 0 Å². The summed E-state index contributed by atoms with van der Waals surface area (Å²) >= 11 is 0. The Labute approximate surface area is 82.7 Å². The van der Waals surface area contributed by atoms with E-state index in [-0.39, 0.29) is 0 Å². The number of hydrogen-bond acceptors (Lipinski definition) is 2. The second-order valence-electron chi connectivity index (χ2n) is 4.82. The third kappa shape index (κ3) is 3.65. The van der Waals surface area contributed by atoms with Crippen LogP contribution in [0.4, 0.5) is 0 Å². The molecule has 0 amide bonds. The molecule has 1 rings (SSSR count). The number of piperazine rings is 1. The fourth-order valence-electron chi connectivity index (χ4n) is 2.22. The van der Waals surface area contributed by atoms with Gasteiger partial charge >= 0.3 is 0 Å². The first-order chi connectivity index (χ1) is 6.11. The van der Waals surface area contributed by atoms with Gasteiger partial charge in [0.2, 0.25) is 0 Å². The first kappa shape index (κ1) is 11.0. The molecule has 0 saturated carbocycles. The summed E-state index contributed by atoms with van der Waals surface area (Å²) in [6.07, 6.45) is 2.56. The Bertz CT molecular complexity index is 143. The van der Waals surface area contributed by atoms with E-state index in [1.807, 2.05) is 0 Å². The zero-order valence-electron chi connectivity index (χ0n) is 9.51. The number of hydrogen-bond donors (Lipinski definition) is 1. The highest BCUT2D eigenvalue weighted by Gasteiger charge is 2.23. The Morgan fingerprint density at radius 3 is 2.46 bits per heavy atom. The van der Waals surface area contributed by atoms with Gasteiger partial charge in [-0.2, -0.15) is 0 Å². The summed E-state index contributed by atoms with van der Waals surface area (Å²) in [5, 5.41) is 3.72. The van der Waals surface area contributed by atoms with Gasteiger partial charge in [0.1, 0.15) is 0 Å². The molecule has 78 valence electrons. The number of nitrogens with zero attached hydrogens (tertiary/aromatic N) is 1. The molecule has 2 unspecified atom stereocenters. The Morgan fingerprint density at radius 1 is 1.31 bits per heavy atom. The van der Waals surface area contributed by atoms with Crippen LogP contribution in [0.3, 0.4) is 0 Å². The summed E-state index contributed by atoms with van der Waals surface area (Å²) in [5.41, 5.74) is 0. The van der Waals surface area contributed by atoms with Gasteiger partial charge in [-0.3, -0.25) is 0 Å². The van der Waals surface area contributed by atoms with Crippen molar-refractivity contribution in [3.63, 3.8) is 0 Å². The van der Waals surface area contributed by atoms with Crippen molar-refractivity contribution < 1.29 is 0 Å². The topological polar surface area (TPSA) is 15.3 Å². The molecule has 0 aromatic carbocycles. The fourth-order valence-corrected chi connectivity index (χ4v) is 2.22. The molecule has 0 aromatic rings. The molecular formula is C11H24N2. The van der Waals surface area contributed by atoms with Gasteiger partial charge < -0.3 is 10.2 Å². The van der Waals surface area contributed by atoms with E-state index < -0.39 is 0 Å². The highest BCUT2D eigenvalue weighted by molar-refractivity contribution is 4.84. The van der Waals surface area contributed by atoms with Crippen LogP contribution in [0.2, 0.25) is 0 Å². The van der Waals surface area contributed by atoms with Crippen LogP contribution in [0.1, 0.15) is 33.6 Å². The zero-order valence-corrected chi connectivity index (χ0v) is 9.51. The van der Waals surface area contributed by atoms with Crippen LogP contribution < -0.4 is 5.32 Å². The first-order valence-corrected chi connectivity index (χ1v) is 5.56. The number of likely N-dealkylation sites (N-methyl/N-ethyl adjacent to an activating group) is 1. The second kappa shape index (κ2) is 4.97. The minimum atomic E-state index is 0.711. The van der Waals surface area contributed by atoms with Crippen molar-refractivity contribution in [2.45, 2.75) is 45.7 Å². The summed E-state index contributed by atoms with van der Waals surface area (Å²) in [7, 11) is 2.23. The normalized spacial score (nSPS) is 31.2. The smallest absolute Gasteiger partial charge is 0.0200 e. The van der Waals surface area contributed by atoms with Gasteiger partial charge in [0, 0.05) is 25.2 Å². The van der Waals surface area contributed by atoms with E-state index in [1.165, 1.54) is 25.9 Å². The van der Waals surface area contributed by atoms with E-state index in [0.717, 1.165) is 5.92 Å². The lowest BCUT2D eigenvalue weighted by atomic mass is 9.99. The van der Waals surface area contributed by atoms with Crippen LogP contribution >= 0.6 is 0 Å². The SMILES string of the molecule is CCC1CN(C)CC(CC(C)C)N1. The predicted molar refractivity (Wildman–Crippen MR) is 58.0 cm³/mol. The molecule has 0 bridgehead atoms. The molecular weight excluding hydrogens is 160 g/mol. The quantitative estimate of drug-likeness (QED) is 0.718. The van der Waals surface area contributed by atoms with Crippen molar-refractivity contribution in [3.05, 3.63) is 0 Å². The average Bonchev–Trinajstić information content (AvgIpc) is 2.01. The molecule has 2 nitrogen and oxygen atoms in total. The molecule has 1 heterocycles. The van der Waals surface area contributed by atoms with E-state index in [4.69, 9.17) is 0 Å². The van der Waals surface area contributed by atoms with Crippen LogP contribution in [0, 0.1) is 5.92 Å². The fraction of sp³-hybridized carbons (Fsp3) is 1.00. The van der Waals surface area contributed by atoms with Crippen LogP contribution in [-0.2, 0) is 0 Å². The summed E-state index contributed by atoms with van der Waals surface area (Å²) in [5.74, 6) is 0.807. The Hall–Kier alpha value is -0.0800. The maximum atomic E-state index is 3.72. The van der Waals surface area contributed by atoms with Crippen molar-refractivity contribution >= 4 is 0 Å². The molecule has 1 aliphatic rings. The molecule has 1 saturated heterocycles. The minimum Gasteiger partial charge on any atom is -0.309 e. The highest BCUT2D eigenvalue weighted by atomic mass is 15.2. The van der Waals surface area contributed by atoms with Gasteiger partial charge in [0.25, 0.3) is 0 Å². The van der Waals surface area contributed by atoms with Gasteiger partial charge in [-0.25, -0.2) is 0 Å². The minimum absolute atomic E-state index is 0.711. The standard InChI is InChI=1S/C11H24N2/c1-5-10-7-13(4)8-11(12-10)6-9(2)3/h9-12H,5-8H2,1-4H3. The van der Waals surface area contributed by atoms with Gasteiger partial charge in [-0.15, -0.1) is 0 Å². The summed E-state index contributed by atoms with van der Waals surface area (Å²) < 4.78 is 0. The lowest BCUT2D eigenvalue weighted by molar-refractivity contribution is 0.174. The molecule has 0 spiro atoms. The molecule has 0 aliphatic carbocycles. The van der Waals surface area contributed by atoms with Crippen molar-refractivity contribution in [1.82, 2.24) is 10.2 Å². The highest BCUT2D eigenvalue weighted by Crippen LogP contribution is 2.12. The van der Waals surface area contributed by atoms with Crippen LogP contribution in [-0.4, -0.2) is 37.1 Å². The van der Waals surface area contributed by atoms with Crippen molar-refractivity contribution in [3.8, 4) is 0 Å². The molecule has 2 heteroatoms. The van der Waals surface area contributed by atoms with E-state index in [2.05, 4.69) is 38.0 Å². The van der Waals surface area contributed by atoms with Crippen LogP contribution in [0.5, 0.6) is 0 Å². The monoisotopic (exact) mass is 184 g/mol. The second-order valence-corrected chi connectivity index (χ2v) is 4.82. The van der Waals surface area contributed by atoms with E-state index >= 15 is 0 Å². The predicted octanol–water partition coefficient (Wildman–Crippen LogP) is 1.71. The van der Waals surface area contributed by atoms with Gasteiger partial charge in [-0.1, -0.05) is 20.8 Å². The van der Waals surface area contributed by atoms with Crippen molar-refractivity contribution in [2.75, 3.05) is 20.1 Å². The Kier molecular flexibility index (Phi) is 4.20. The molecule has 13 heavy (non-hydrogen) atoms. The average molecular weight is 184 g/mol. The van der Waals surface area contributed by atoms with Gasteiger partial charge in [0.15, 0.2) is 0 Å². The zero-order chi connectivity index (χ0) is 9.84. The summed E-state index contributed by atoms with van der Waals surface area (Å²) in [6, 6.07) is 1.42. The maximum absolute atomic E-state index is 3.72. The maximum Gasteiger partial charge on any atom is 0.0200 e. The van der Waals surface area contributed by atoms with Crippen molar-refractivity contribution in [2.24, 2.45) is 5.92 Å². The molecule has 1 fully saturated rings. The molecule has 0 radical (unpaired) electrons. The number of nitrogens with one attached hydrogen (secondary N) is 1. The Morgan fingerprint density at radius 2 is 1.92 bits per heavy atom. The van der Waals surface area contributed by atoms with E-state index in [1.54, 1.807) is 0 Å². The van der Waals surface area contributed by atoms with Gasteiger partial charge in [-0.05, 0) is 25.8 Å².